The quantitative estimate of drug-likeness (QED) is 0.676. The fraction of sp³-hybridized carbons (Fsp3) is 0.250. The van der Waals surface area contributed by atoms with Crippen LogP contribution in [0.15, 0.2) is 39.6 Å². The maximum atomic E-state index is 12.9. The molecular formula is C20H21NO5S. The minimum atomic E-state index is -3.78. The molecule has 1 aromatic heterocycles. The van der Waals surface area contributed by atoms with E-state index in [0.29, 0.717) is 28.0 Å². The monoisotopic (exact) mass is 387 g/mol. The number of carbonyl (C=O) groups excluding carboxylic acids is 1. The lowest BCUT2D eigenvalue weighted by atomic mass is 10.1. The summed E-state index contributed by atoms with van der Waals surface area (Å²) in [5, 5.41) is 0.497. The fourth-order valence-corrected chi connectivity index (χ4v) is 4.43. The summed E-state index contributed by atoms with van der Waals surface area (Å²) in [6.07, 6.45) is 0. The molecule has 0 saturated heterocycles. The maximum Gasteiger partial charge on any atom is 0.342 e. The Bertz CT molecular complexity index is 1160. The Labute approximate surface area is 158 Å². The van der Waals surface area contributed by atoms with E-state index >= 15 is 0 Å². The molecule has 3 rings (SSSR count). The number of anilines is 1. The molecule has 0 bridgehead atoms. The lowest BCUT2D eigenvalue weighted by Gasteiger charge is -2.13. The first kappa shape index (κ1) is 19.0. The third-order valence-corrected chi connectivity index (χ3v) is 6.11. The molecule has 0 radical (unpaired) electrons. The topological polar surface area (TPSA) is 85.6 Å². The number of furan rings is 1. The summed E-state index contributed by atoms with van der Waals surface area (Å²) in [6.45, 7) is 7.24. The predicted octanol–water partition coefficient (Wildman–Crippen LogP) is 4.25. The van der Waals surface area contributed by atoms with Crippen LogP contribution in [0.5, 0.6) is 0 Å². The van der Waals surface area contributed by atoms with E-state index in [1.54, 1.807) is 38.1 Å². The Balaban J connectivity index is 2.06. The van der Waals surface area contributed by atoms with Crippen molar-refractivity contribution in [3.8, 4) is 0 Å². The van der Waals surface area contributed by atoms with Gasteiger partial charge >= 0.3 is 5.97 Å². The molecule has 0 fully saturated rings. The van der Waals surface area contributed by atoms with E-state index in [-0.39, 0.29) is 10.5 Å². The Morgan fingerprint density at radius 3 is 2.33 bits per heavy atom. The number of rotatable bonds is 4. The van der Waals surface area contributed by atoms with Crippen LogP contribution in [0.4, 0.5) is 5.69 Å². The van der Waals surface area contributed by atoms with E-state index < -0.39 is 16.0 Å². The standard InChI is InChI=1S/C20H21NO5S/c1-11-8-13(3)18(9-12(11)2)27(23,24)21-15-6-7-17-16(10-15)19(14(4)26-17)20(22)25-5/h6-10,21H,1-5H3. The summed E-state index contributed by atoms with van der Waals surface area (Å²) in [6, 6.07) is 8.31. The number of carbonyl (C=O) groups is 1. The van der Waals surface area contributed by atoms with Crippen molar-refractivity contribution in [2.24, 2.45) is 0 Å². The molecule has 142 valence electrons. The smallest absolute Gasteiger partial charge is 0.342 e. The second-order valence-electron chi connectivity index (χ2n) is 6.54. The van der Waals surface area contributed by atoms with E-state index in [2.05, 4.69) is 4.72 Å². The van der Waals surface area contributed by atoms with Crippen molar-refractivity contribution in [2.45, 2.75) is 32.6 Å². The maximum absolute atomic E-state index is 12.9. The average molecular weight is 387 g/mol. The van der Waals surface area contributed by atoms with Crippen LogP contribution < -0.4 is 4.72 Å². The molecule has 3 aromatic rings. The molecule has 0 spiro atoms. The molecule has 1 N–H and O–H groups in total. The third kappa shape index (κ3) is 3.42. The molecule has 6 nitrogen and oxygen atoms in total. The van der Waals surface area contributed by atoms with Gasteiger partial charge in [-0.3, -0.25) is 4.72 Å². The number of sulfonamides is 1. The van der Waals surface area contributed by atoms with Gasteiger partial charge in [0, 0.05) is 11.1 Å². The van der Waals surface area contributed by atoms with Crippen molar-refractivity contribution in [1.29, 1.82) is 0 Å². The van der Waals surface area contributed by atoms with E-state index in [4.69, 9.17) is 9.15 Å². The number of aryl methyl sites for hydroxylation is 4. The first-order chi connectivity index (χ1) is 12.6. The number of ether oxygens (including phenoxy) is 1. The fourth-order valence-electron chi connectivity index (χ4n) is 3.07. The minimum absolute atomic E-state index is 0.224. The van der Waals surface area contributed by atoms with Gasteiger partial charge in [-0.15, -0.1) is 0 Å². The van der Waals surface area contributed by atoms with Crippen LogP contribution in [0, 0.1) is 27.7 Å². The first-order valence-electron chi connectivity index (χ1n) is 8.36. The Morgan fingerprint density at radius 2 is 1.67 bits per heavy atom. The van der Waals surface area contributed by atoms with E-state index in [1.165, 1.54) is 7.11 Å². The molecule has 0 amide bonds. The van der Waals surface area contributed by atoms with Crippen molar-refractivity contribution in [3.05, 3.63) is 58.3 Å². The predicted molar refractivity (Wildman–Crippen MR) is 104 cm³/mol. The Kier molecular flexibility index (Phi) is 4.73. The molecule has 1 heterocycles. The van der Waals surface area contributed by atoms with Crippen LogP contribution in [0.1, 0.15) is 32.8 Å². The molecule has 0 aliphatic carbocycles. The van der Waals surface area contributed by atoms with Crippen LogP contribution >= 0.6 is 0 Å². The van der Waals surface area contributed by atoms with Crippen molar-refractivity contribution in [1.82, 2.24) is 0 Å². The second kappa shape index (κ2) is 6.74. The van der Waals surface area contributed by atoms with Crippen LogP contribution in [0.25, 0.3) is 11.0 Å². The zero-order chi connectivity index (χ0) is 19.9. The number of fused-ring (bicyclic) bond motifs is 1. The van der Waals surface area contributed by atoms with Crippen molar-refractivity contribution < 1.29 is 22.4 Å². The van der Waals surface area contributed by atoms with Gasteiger partial charge in [-0.2, -0.15) is 0 Å². The van der Waals surface area contributed by atoms with Gasteiger partial charge in [-0.25, -0.2) is 13.2 Å². The summed E-state index contributed by atoms with van der Waals surface area (Å²) in [5.41, 5.74) is 3.71. The first-order valence-corrected chi connectivity index (χ1v) is 9.84. The number of nitrogens with one attached hydrogen (secondary N) is 1. The normalized spacial score (nSPS) is 11.6. The number of hydrogen-bond acceptors (Lipinski definition) is 5. The molecule has 0 unspecified atom stereocenters. The summed E-state index contributed by atoms with van der Waals surface area (Å²) in [7, 11) is -2.49. The van der Waals surface area contributed by atoms with Crippen LogP contribution in [0.2, 0.25) is 0 Å². The van der Waals surface area contributed by atoms with Gasteiger partial charge in [0.05, 0.1) is 12.0 Å². The van der Waals surface area contributed by atoms with Crippen molar-refractivity contribution in [3.63, 3.8) is 0 Å². The van der Waals surface area contributed by atoms with Crippen LogP contribution in [-0.4, -0.2) is 21.5 Å². The summed E-state index contributed by atoms with van der Waals surface area (Å²) < 4.78 is 38.7. The summed E-state index contributed by atoms with van der Waals surface area (Å²) in [5.74, 6) is -0.113. The van der Waals surface area contributed by atoms with Crippen molar-refractivity contribution in [2.75, 3.05) is 11.8 Å². The number of hydrogen-bond donors (Lipinski definition) is 1. The minimum Gasteiger partial charge on any atom is -0.465 e. The molecule has 0 saturated carbocycles. The van der Waals surface area contributed by atoms with E-state index in [0.717, 1.165) is 11.1 Å². The van der Waals surface area contributed by atoms with Gasteiger partial charge in [0.15, 0.2) is 0 Å². The summed E-state index contributed by atoms with van der Waals surface area (Å²) in [4.78, 5) is 12.2. The van der Waals surface area contributed by atoms with Crippen molar-refractivity contribution >= 4 is 32.6 Å². The average Bonchev–Trinajstić information content (AvgIpc) is 2.92. The highest BCUT2D eigenvalue weighted by atomic mass is 32.2. The van der Waals surface area contributed by atoms with Gasteiger partial charge in [0.2, 0.25) is 0 Å². The van der Waals surface area contributed by atoms with Gasteiger partial charge in [0.1, 0.15) is 16.9 Å². The lowest BCUT2D eigenvalue weighted by Crippen LogP contribution is -2.14. The summed E-state index contributed by atoms with van der Waals surface area (Å²) >= 11 is 0. The van der Waals surface area contributed by atoms with E-state index in [9.17, 15) is 13.2 Å². The molecule has 7 heteroatoms. The molecule has 0 aliphatic heterocycles. The SMILES string of the molecule is COC(=O)c1c(C)oc2ccc(NS(=O)(=O)c3cc(C)c(C)cc3C)cc12. The van der Waals surface area contributed by atoms with Gasteiger partial charge in [-0.1, -0.05) is 6.07 Å². The van der Waals surface area contributed by atoms with E-state index in [1.807, 2.05) is 19.9 Å². The molecule has 2 aromatic carbocycles. The highest BCUT2D eigenvalue weighted by Crippen LogP contribution is 2.30. The molecule has 0 atom stereocenters. The Hall–Kier alpha value is -2.80. The number of methoxy groups -OCH3 is 1. The highest BCUT2D eigenvalue weighted by molar-refractivity contribution is 7.92. The van der Waals surface area contributed by atoms with Crippen LogP contribution in [0.3, 0.4) is 0 Å². The number of benzene rings is 2. The van der Waals surface area contributed by atoms with Gasteiger partial charge < -0.3 is 9.15 Å². The highest BCUT2D eigenvalue weighted by Gasteiger charge is 2.21. The zero-order valence-electron chi connectivity index (χ0n) is 15.8. The third-order valence-electron chi connectivity index (χ3n) is 4.59. The van der Waals surface area contributed by atoms with Crippen LogP contribution in [-0.2, 0) is 14.8 Å². The zero-order valence-corrected chi connectivity index (χ0v) is 16.7. The molecular weight excluding hydrogens is 366 g/mol. The molecule has 0 aliphatic rings. The second-order valence-corrected chi connectivity index (χ2v) is 8.19. The van der Waals surface area contributed by atoms with Gasteiger partial charge in [0.25, 0.3) is 10.0 Å². The Morgan fingerprint density at radius 1 is 1.00 bits per heavy atom. The molecule has 27 heavy (non-hydrogen) atoms. The number of esters is 1. The largest absolute Gasteiger partial charge is 0.465 e. The van der Waals surface area contributed by atoms with Gasteiger partial charge in [-0.05, 0) is 68.7 Å². The lowest BCUT2D eigenvalue weighted by molar-refractivity contribution is 0.0600.